The number of carbonyl (C=O) groups is 1. The Bertz CT molecular complexity index is 884. The lowest BCUT2D eigenvalue weighted by molar-refractivity contribution is 0.0992. The highest BCUT2D eigenvalue weighted by Crippen LogP contribution is 2.40. The SMILES string of the molecule is O=C(Nc1nc(C2CC2)cs1)c1ccc(COc2ccc(F)cc2)o1. The van der Waals surface area contributed by atoms with Crippen LogP contribution in [0.4, 0.5) is 9.52 Å². The van der Waals surface area contributed by atoms with Gasteiger partial charge in [0.05, 0.1) is 5.69 Å². The average molecular weight is 358 g/mol. The Kier molecular flexibility index (Phi) is 4.23. The van der Waals surface area contributed by atoms with E-state index in [0.717, 1.165) is 5.69 Å². The Morgan fingerprint density at radius 2 is 2.08 bits per heavy atom. The molecular weight excluding hydrogens is 343 g/mol. The van der Waals surface area contributed by atoms with Crippen molar-refractivity contribution in [3.8, 4) is 5.75 Å². The van der Waals surface area contributed by atoms with Crippen molar-refractivity contribution >= 4 is 22.4 Å². The first kappa shape index (κ1) is 15.8. The van der Waals surface area contributed by atoms with Crippen molar-refractivity contribution in [1.29, 1.82) is 0 Å². The number of nitrogens with one attached hydrogen (secondary N) is 1. The molecule has 25 heavy (non-hydrogen) atoms. The second-order valence-electron chi connectivity index (χ2n) is 5.81. The summed E-state index contributed by atoms with van der Waals surface area (Å²) in [4.78, 5) is 16.6. The number of rotatable bonds is 6. The number of hydrogen-bond acceptors (Lipinski definition) is 5. The molecule has 0 radical (unpaired) electrons. The minimum atomic E-state index is -0.343. The zero-order valence-electron chi connectivity index (χ0n) is 13.2. The smallest absolute Gasteiger partial charge is 0.293 e. The first-order valence-corrected chi connectivity index (χ1v) is 8.79. The lowest BCUT2D eigenvalue weighted by atomic mass is 10.3. The molecule has 0 saturated heterocycles. The van der Waals surface area contributed by atoms with E-state index in [1.54, 1.807) is 12.1 Å². The molecule has 1 aliphatic rings. The number of anilines is 1. The number of ether oxygens (including phenoxy) is 1. The number of hydrogen-bond donors (Lipinski definition) is 1. The summed E-state index contributed by atoms with van der Waals surface area (Å²) in [5.41, 5.74) is 1.05. The molecule has 4 rings (SSSR count). The fraction of sp³-hybridized carbons (Fsp3) is 0.222. The van der Waals surface area contributed by atoms with Crippen molar-refractivity contribution in [1.82, 2.24) is 4.98 Å². The van der Waals surface area contributed by atoms with Gasteiger partial charge in [0.15, 0.2) is 10.9 Å². The van der Waals surface area contributed by atoms with Crippen LogP contribution < -0.4 is 10.1 Å². The Balaban J connectivity index is 1.34. The lowest BCUT2D eigenvalue weighted by Gasteiger charge is -2.03. The molecule has 2 aromatic heterocycles. The quantitative estimate of drug-likeness (QED) is 0.700. The molecule has 0 bridgehead atoms. The van der Waals surface area contributed by atoms with Gasteiger partial charge in [0.25, 0.3) is 5.91 Å². The maximum Gasteiger partial charge on any atom is 0.293 e. The van der Waals surface area contributed by atoms with E-state index >= 15 is 0 Å². The molecule has 2 heterocycles. The number of furan rings is 1. The number of carbonyl (C=O) groups excluding carboxylic acids is 1. The van der Waals surface area contributed by atoms with E-state index in [9.17, 15) is 9.18 Å². The predicted octanol–water partition coefficient (Wildman–Crippen LogP) is 4.58. The average Bonchev–Trinajstić information content (AvgIpc) is 3.17. The van der Waals surface area contributed by atoms with Crippen molar-refractivity contribution in [3.05, 3.63) is 64.8 Å². The maximum absolute atomic E-state index is 12.8. The van der Waals surface area contributed by atoms with Crippen LogP contribution in [0.25, 0.3) is 0 Å². The summed E-state index contributed by atoms with van der Waals surface area (Å²) in [6.07, 6.45) is 2.35. The van der Waals surface area contributed by atoms with E-state index in [-0.39, 0.29) is 24.1 Å². The van der Waals surface area contributed by atoms with Crippen molar-refractivity contribution in [3.63, 3.8) is 0 Å². The third kappa shape index (κ3) is 3.88. The van der Waals surface area contributed by atoms with Crippen LogP contribution >= 0.6 is 11.3 Å². The number of halogens is 1. The summed E-state index contributed by atoms with van der Waals surface area (Å²) in [6, 6.07) is 8.97. The van der Waals surface area contributed by atoms with Crippen LogP contribution in [-0.2, 0) is 6.61 Å². The minimum absolute atomic E-state index is 0.155. The van der Waals surface area contributed by atoms with E-state index < -0.39 is 0 Å². The number of benzene rings is 1. The third-order valence-corrected chi connectivity index (χ3v) is 4.59. The molecule has 1 N–H and O–H groups in total. The van der Waals surface area contributed by atoms with Crippen LogP contribution in [0.3, 0.4) is 0 Å². The summed E-state index contributed by atoms with van der Waals surface area (Å²) in [5.74, 6) is 1.12. The van der Waals surface area contributed by atoms with E-state index in [4.69, 9.17) is 9.15 Å². The fourth-order valence-corrected chi connectivity index (χ4v) is 3.12. The van der Waals surface area contributed by atoms with Gasteiger partial charge < -0.3 is 9.15 Å². The molecule has 0 unspecified atom stereocenters. The summed E-state index contributed by atoms with van der Waals surface area (Å²) in [6.45, 7) is 0.155. The standard InChI is InChI=1S/C18H15FN2O3S/c19-12-3-5-13(6-4-12)23-9-14-7-8-16(24-14)17(22)21-18-20-15(10-25-18)11-1-2-11/h3-8,10-11H,1-2,9H2,(H,20,21,22). The molecule has 1 aliphatic carbocycles. The molecule has 128 valence electrons. The van der Waals surface area contributed by atoms with Gasteiger partial charge >= 0.3 is 0 Å². The second-order valence-corrected chi connectivity index (χ2v) is 6.67. The maximum atomic E-state index is 12.8. The highest BCUT2D eigenvalue weighted by atomic mass is 32.1. The summed E-state index contributed by atoms with van der Waals surface area (Å²) < 4.78 is 23.8. The minimum Gasteiger partial charge on any atom is -0.486 e. The second kappa shape index (κ2) is 6.68. The molecule has 0 aliphatic heterocycles. The van der Waals surface area contributed by atoms with Gasteiger partial charge in [-0.2, -0.15) is 0 Å². The first-order valence-electron chi connectivity index (χ1n) is 7.91. The van der Waals surface area contributed by atoms with Crippen LogP contribution in [-0.4, -0.2) is 10.9 Å². The van der Waals surface area contributed by atoms with E-state index in [1.807, 2.05) is 5.38 Å². The molecule has 1 saturated carbocycles. The molecule has 7 heteroatoms. The summed E-state index contributed by atoms with van der Waals surface area (Å²) in [5, 5.41) is 5.31. The molecular formula is C18H15FN2O3S. The number of nitrogens with zero attached hydrogens (tertiary/aromatic N) is 1. The van der Waals surface area contributed by atoms with Crippen molar-refractivity contribution < 1.29 is 18.3 Å². The van der Waals surface area contributed by atoms with E-state index in [1.165, 1.54) is 48.4 Å². The van der Waals surface area contributed by atoms with Crippen molar-refractivity contribution in [2.45, 2.75) is 25.4 Å². The summed E-state index contributed by atoms with van der Waals surface area (Å²) in [7, 11) is 0. The summed E-state index contributed by atoms with van der Waals surface area (Å²) >= 11 is 1.42. The van der Waals surface area contributed by atoms with Crippen LogP contribution in [0.2, 0.25) is 0 Å². The van der Waals surface area contributed by atoms with Gasteiger partial charge in [0, 0.05) is 11.3 Å². The van der Waals surface area contributed by atoms with Gasteiger partial charge in [-0.15, -0.1) is 11.3 Å². The van der Waals surface area contributed by atoms with E-state index in [2.05, 4.69) is 10.3 Å². The lowest BCUT2D eigenvalue weighted by Crippen LogP contribution is -2.10. The highest BCUT2D eigenvalue weighted by molar-refractivity contribution is 7.14. The molecule has 0 spiro atoms. The zero-order valence-corrected chi connectivity index (χ0v) is 14.0. The van der Waals surface area contributed by atoms with Crippen LogP contribution in [0.1, 0.15) is 40.8 Å². The van der Waals surface area contributed by atoms with Gasteiger partial charge in [0.2, 0.25) is 0 Å². The number of amides is 1. The molecule has 5 nitrogen and oxygen atoms in total. The Hall–Kier alpha value is -2.67. The molecule has 1 amide bonds. The Morgan fingerprint density at radius 3 is 2.84 bits per heavy atom. The van der Waals surface area contributed by atoms with Crippen LogP contribution in [0.5, 0.6) is 5.75 Å². The normalized spacial score (nSPS) is 13.6. The number of aromatic nitrogens is 1. The monoisotopic (exact) mass is 358 g/mol. The topological polar surface area (TPSA) is 64.4 Å². The fourth-order valence-electron chi connectivity index (χ4n) is 2.33. The third-order valence-electron chi connectivity index (χ3n) is 3.82. The van der Waals surface area contributed by atoms with Crippen molar-refractivity contribution in [2.75, 3.05) is 5.32 Å². The Morgan fingerprint density at radius 1 is 1.28 bits per heavy atom. The van der Waals surface area contributed by atoms with Gasteiger partial charge in [-0.25, -0.2) is 9.37 Å². The van der Waals surface area contributed by atoms with Gasteiger partial charge in [-0.05, 0) is 49.2 Å². The molecule has 3 aromatic rings. The van der Waals surface area contributed by atoms with E-state index in [0.29, 0.717) is 22.6 Å². The zero-order chi connectivity index (χ0) is 17.2. The predicted molar refractivity (Wildman–Crippen MR) is 91.5 cm³/mol. The number of thiazole rings is 1. The van der Waals surface area contributed by atoms with Gasteiger partial charge in [-0.3, -0.25) is 10.1 Å². The first-order chi connectivity index (χ1) is 12.2. The molecule has 1 fully saturated rings. The van der Waals surface area contributed by atoms with Gasteiger partial charge in [0.1, 0.15) is 23.9 Å². The molecule has 1 aromatic carbocycles. The highest BCUT2D eigenvalue weighted by Gasteiger charge is 2.26. The van der Waals surface area contributed by atoms with Crippen LogP contribution in [0, 0.1) is 5.82 Å². The Labute approximate surface area is 147 Å². The molecule has 0 atom stereocenters. The van der Waals surface area contributed by atoms with Crippen molar-refractivity contribution in [2.24, 2.45) is 0 Å². The van der Waals surface area contributed by atoms with Gasteiger partial charge in [-0.1, -0.05) is 0 Å². The largest absolute Gasteiger partial charge is 0.486 e. The van der Waals surface area contributed by atoms with Crippen LogP contribution in [0.15, 0.2) is 46.2 Å².